The Morgan fingerprint density at radius 3 is 2.45 bits per heavy atom. The molecule has 1 fully saturated rings. The van der Waals surface area contributed by atoms with Crippen molar-refractivity contribution in [3.05, 3.63) is 69.7 Å². The first-order chi connectivity index (χ1) is 19.1. The third kappa shape index (κ3) is 11.5. The molecular formula is C28H36Cl2F3N3O4. The van der Waals surface area contributed by atoms with Crippen molar-refractivity contribution in [2.75, 3.05) is 66.3 Å². The molecular weight excluding hydrogens is 570 g/mol. The monoisotopic (exact) mass is 605 g/mol. The number of alkyl halides is 3. The lowest BCUT2D eigenvalue weighted by atomic mass is 10.0. The second-order valence-electron chi connectivity index (χ2n) is 9.57. The number of ether oxygens (including phenoxy) is 3. The maximum Gasteiger partial charge on any atom is 0.522 e. The second-order valence-corrected chi connectivity index (χ2v) is 10.4. The molecule has 40 heavy (non-hydrogen) atoms. The lowest BCUT2D eigenvalue weighted by Gasteiger charge is -2.32. The molecule has 2 aromatic carbocycles. The predicted octanol–water partition coefficient (Wildman–Crippen LogP) is 4.97. The number of nitrogens with one attached hydrogen (secondary N) is 1. The average Bonchev–Trinajstić information content (AvgIpc) is 3.37. The van der Waals surface area contributed by atoms with Crippen LogP contribution in [0.3, 0.4) is 0 Å². The van der Waals surface area contributed by atoms with Gasteiger partial charge in [-0.15, -0.1) is 13.2 Å². The summed E-state index contributed by atoms with van der Waals surface area (Å²) in [6.07, 6.45) is -3.43. The third-order valence-electron chi connectivity index (χ3n) is 6.63. The van der Waals surface area contributed by atoms with E-state index < -0.39 is 13.0 Å². The van der Waals surface area contributed by atoms with Gasteiger partial charge < -0.3 is 19.7 Å². The van der Waals surface area contributed by atoms with Gasteiger partial charge in [0.1, 0.15) is 0 Å². The van der Waals surface area contributed by atoms with E-state index in [1.165, 1.54) is 0 Å². The smallest absolute Gasteiger partial charge is 0.378 e. The maximum absolute atomic E-state index is 13.2. The quantitative estimate of drug-likeness (QED) is 0.273. The van der Waals surface area contributed by atoms with Crippen LogP contribution in [0, 0.1) is 0 Å². The molecule has 0 radical (unpaired) electrons. The summed E-state index contributed by atoms with van der Waals surface area (Å²) in [7, 11) is 1.84. The molecule has 0 bridgehead atoms. The Morgan fingerprint density at radius 2 is 1.75 bits per heavy atom. The van der Waals surface area contributed by atoms with Gasteiger partial charge in [-0.3, -0.25) is 14.4 Å². The molecule has 0 aliphatic carbocycles. The molecule has 0 saturated carbocycles. The summed E-state index contributed by atoms with van der Waals surface area (Å²) in [6.45, 7) is 3.41. The van der Waals surface area contributed by atoms with Crippen molar-refractivity contribution < 1.29 is 32.2 Å². The summed E-state index contributed by atoms with van der Waals surface area (Å²) in [5.74, 6) is -0.00452. The van der Waals surface area contributed by atoms with Crippen LogP contribution >= 0.6 is 23.2 Å². The first-order valence-corrected chi connectivity index (χ1v) is 13.9. The minimum absolute atomic E-state index is 0.00452. The van der Waals surface area contributed by atoms with E-state index in [0.29, 0.717) is 42.4 Å². The van der Waals surface area contributed by atoms with Gasteiger partial charge in [-0.2, -0.15) is 0 Å². The topological polar surface area (TPSA) is 63.3 Å². The first-order valence-electron chi connectivity index (χ1n) is 13.2. The van der Waals surface area contributed by atoms with E-state index in [1.807, 2.05) is 48.3 Å². The summed E-state index contributed by atoms with van der Waals surface area (Å²) in [5, 5.41) is 4.38. The normalized spacial score (nSPS) is 16.8. The zero-order valence-electron chi connectivity index (χ0n) is 22.5. The van der Waals surface area contributed by atoms with Crippen molar-refractivity contribution in [3.8, 4) is 0 Å². The number of carbonyl (C=O) groups excluding carboxylic acids is 1. The average molecular weight is 607 g/mol. The van der Waals surface area contributed by atoms with Crippen molar-refractivity contribution >= 4 is 29.1 Å². The molecule has 1 heterocycles. The standard InChI is InChI=1S/C28H36Cl2F3N3O4/c1-35(27(37)18-21-7-8-24(29)25(30)17-21)26(22-5-3-2-4-6-22)20-36-11-9-23(19-36)34-10-12-38-13-14-39-15-16-40-28(31,32)33/h2-8,17,23,26,34H,9-16,18-20H2,1H3/t23-,26?/m0/s1. The lowest BCUT2D eigenvalue weighted by Crippen LogP contribution is -2.41. The van der Waals surface area contributed by atoms with E-state index in [9.17, 15) is 18.0 Å². The van der Waals surface area contributed by atoms with E-state index in [-0.39, 0.29) is 31.6 Å². The molecule has 1 saturated heterocycles. The minimum Gasteiger partial charge on any atom is -0.378 e. The Kier molecular flexibility index (Phi) is 13.4. The van der Waals surface area contributed by atoms with E-state index in [1.54, 1.807) is 12.1 Å². The Hall–Kier alpha value is -1.92. The first kappa shape index (κ1) is 32.6. The van der Waals surface area contributed by atoms with Crippen LogP contribution in [0.15, 0.2) is 48.5 Å². The van der Waals surface area contributed by atoms with E-state index >= 15 is 0 Å². The van der Waals surface area contributed by atoms with Gasteiger partial charge in [0, 0.05) is 32.7 Å². The van der Waals surface area contributed by atoms with Gasteiger partial charge in [-0.05, 0) is 36.2 Å². The number of nitrogens with zero attached hydrogens (tertiary/aromatic N) is 2. The number of halogens is 5. The van der Waals surface area contributed by atoms with Crippen LogP contribution in [0.5, 0.6) is 0 Å². The van der Waals surface area contributed by atoms with Gasteiger partial charge in [0.15, 0.2) is 0 Å². The number of hydrogen-bond donors (Lipinski definition) is 1. The molecule has 2 aromatic rings. The van der Waals surface area contributed by atoms with Gasteiger partial charge in [0.25, 0.3) is 0 Å². The summed E-state index contributed by atoms with van der Waals surface area (Å²) < 4.78 is 49.9. The molecule has 1 aliphatic heterocycles. The van der Waals surface area contributed by atoms with Crippen LogP contribution in [0.1, 0.15) is 23.6 Å². The van der Waals surface area contributed by atoms with Gasteiger partial charge in [-0.25, -0.2) is 0 Å². The Labute approximate surface area is 243 Å². The van der Waals surface area contributed by atoms with Gasteiger partial charge >= 0.3 is 6.36 Å². The highest BCUT2D eigenvalue weighted by atomic mass is 35.5. The summed E-state index contributed by atoms with van der Waals surface area (Å²) in [5.41, 5.74) is 1.89. The lowest BCUT2D eigenvalue weighted by molar-refractivity contribution is -0.327. The molecule has 1 unspecified atom stereocenters. The van der Waals surface area contributed by atoms with E-state index in [2.05, 4.69) is 15.0 Å². The van der Waals surface area contributed by atoms with Crippen molar-refractivity contribution in [2.24, 2.45) is 0 Å². The molecule has 1 aliphatic rings. The summed E-state index contributed by atoms with van der Waals surface area (Å²) >= 11 is 12.2. The van der Waals surface area contributed by atoms with Gasteiger partial charge in [0.2, 0.25) is 5.91 Å². The van der Waals surface area contributed by atoms with Gasteiger partial charge in [-0.1, -0.05) is 59.6 Å². The molecule has 1 amide bonds. The van der Waals surface area contributed by atoms with Crippen molar-refractivity contribution in [1.82, 2.24) is 15.1 Å². The van der Waals surface area contributed by atoms with Crippen LogP contribution in [0.25, 0.3) is 0 Å². The summed E-state index contributed by atoms with van der Waals surface area (Å²) in [4.78, 5) is 17.4. The molecule has 7 nitrogen and oxygen atoms in total. The Bertz CT molecular complexity index is 1050. The number of rotatable bonds is 16. The zero-order valence-corrected chi connectivity index (χ0v) is 24.0. The number of carbonyl (C=O) groups is 1. The van der Waals surface area contributed by atoms with Crippen LogP contribution in [0.2, 0.25) is 10.0 Å². The summed E-state index contributed by atoms with van der Waals surface area (Å²) in [6, 6.07) is 15.5. The Morgan fingerprint density at radius 1 is 1.05 bits per heavy atom. The minimum atomic E-state index is -4.63. The highest BCUT2D eigenvalue weighted by Crippen LogP contribution is 2.26. The molecule has 3 rings (SSSR count). The number of likely N-dealkylation sites (tertiary alicyclic amines) is 1. The largest absolute Gasteiger partial charge is 0.522 e. The van der Waals surface area contributed by atoms with Crippen molar-refractivity contribution in [1.29, 1.82) is 0 Å². The second kappa shape index (κ2) is 16.5. The van der Waals surface area contributed by atoms with E-state index in [4.69, 9.17) is 32.7 Å². The number of benzene rings is 2. The van der Waals surface area contributed by atoms with Gasteiger partial charge in [0.05, 0.1) is 55.5 Å². The van der Waals surface area contributed by atoms with Crippen LogP contribution < -0.4 is 5.32 Å². The van der Waals surface area contributed by atoms with Crippen LogP contribution in [-0.2, 0) is 25.4 Å². The number of amides is 1. The fraction of sp³-hybridized carbons (Fsp3) is 0.536. The highest BCUT2D eigenvalue weighted by molar-refractivity contribution is 6.42. The van der Waals surface area contributed by atoms with Crippen molar-refractivity contribution in [2.45, 2.75) is 31.3 Å². The third-order valence-corrected chi connectivity index (χ3v) is 7.37. The number of likely N-dealkylation sites (N-methyl/N-ethyl adjacent to an activating group) is 1. The highest BCUT2D eigenvalue weighted by Gasteiger charge is 2.29. The molecule has 2 atom stereocenters. The maximum atomic E-state index is 13.2. The van der Waals surface area contributed by atoms with Crippen molar-refractivity contribution in [3.63, 3.8) is 0 Å². The van der Waals surface area contributed by atoms with E-state index in [0.717, 1.165) is 30.6 Å². The molecule has 222 valence electrons. The molecule has 12 heteroatoms. The molecule has 0 aromatic heterocycles. The Balaban J connectivity index is 1.40. The molecule has 0 spiro atoms. The fourth-order valence-electron chi connectivity index (χ4n) is 4.53. The number of hydrogen-bond acceptors (Lipinski definition) is 6. The SMILES string of the molecule is CN(C(=O)Cc1ccc(Cl)c(Cl)c1)C(CN1CC[C@H](NCCOCCOCCOC(F)(F)F)C1)c1ccccc1. The predicted molar refractivity (Wildman–Crippen MR) is 149 cm³/mol. The van der Waals surface area contributed by atoms with Crippen LogP contribution in [-0.4, -0.2) is 94.4 Å². The molecule has 1 N–H and O–H groups in total. The fourth-order valence-corrected chi connectivity index (χ4v) is 4.85. The zero-order chi connectivity index (χ0) is 29.0. The van der Waals surface area contributed by atoms with Crippen LogP contribution in [0.4, 0.5) is 13.2 Å².